The number of ether oxygens (including phenoxy) is 1. The summed E-state index contributed by atoms with van der Waals surface area (Å²) in [5.74, 6) is 2.27. The van der Waals surface area contributed by atoms with Gasteiger partial charge in [-0.15, -0.1) is 0 Å². The highest BCUT2D eigenvalue weighted by atomic mass is 19.1. The summed E-state index contributed by atoms with van der Waals surface area (Å²) in [6.45, 7) is 1.79. The van der Waals surface area contributed by atoms with Crippen molar-refractivity contribution in [3.8, 4) is 17.2 Å². The first kappa shape index (κ1) is 27.3. The van der Waals surface area contributed by atoms with Gasteiger partial charge in [-0.1, -0.05) is 49.6 Å². The summed E-state index contributed by atoms with van der Waals surface area (Å²) < 4.78 is 18.7. The highest BCUT2D eigenvalue weighted by Crippen LogP contribution is 2.43. The number of alkyl halides is 1. The summed E-state index contributed by atoms with van der Waals surface area (Å²) >= 11 is 0. The quantitative estimate of drug-likeness (QED) is 0.272. The summed E-state index contributed by atoms with van der Waals surface area (Å²) in [4.78, 5) is 0. The zero-order chi connectivity index (χ0) is 27.2. The number of halogens is 1. The fourth-order valence-corrected chi connectivity index (χ4v) is 6.46. The molecule has 4 heteroatoms. The van der Waals surface area contributed by atoms with E-state index >= 15 is 0 Å². The molecule has 0 spiro atoms. The lowest BCUT2D eigenvalue weighted by molar-refractivity contribution is 0.127. The summed E-state index contributed by atoms with van der Waals surface area (Å²) in [6, 6.07) is 19.9. The minimum absolute atomic E-state index is 0.191. The van der Waals surface area contributed by atoms with Crippen LogP contribution >= 0.6 is 0 Å². The number of phenolic OH excluding ortho intramolecular Hbond substituents is 2. The largest absolute Gasteiger partial charge is 0.508 e. The molecule has 2 aliphatic carbocycles. The number of allylic oxidation sites excluding steroid dienone is 1. The second-order valence-electron chi connectivity index (χ2n) is 11.3. The van der Waals surface area contributed by atoms with Gasteiger partial charge in [0.1, 0.15) is 17.2 Å². The fourth-order valence-electron chi connectivity index (χ4n) is 6.46. The summed E-state index contributed by atoms with van der Waals surface area (Å²) in [5, 5.41) is 20.7. The molecular weight excluding hydrogens is 487 g/mol. The van der Waals surface area contributed by atoms with Crippen LogP contribution in [-0.4, -0.2) is 23.0 Å². The van der Waals surface area contributed by atoms with Gasteiger partial charge in [0, 0.05) is 0 Å². The number of benzene rings is 3. The van der Waals surface area contributed by atoms with E-state index in [1.54, 1.807) is 12.1 Å². The molecule has 206 valence electrons. The standard InChI is InChI=1S/C35H41FO3/c1-24-31(9-6-11-34(24)38)33-10-5-8-27-23-28(37)16-21-32(27)35(33)26-14-19-30(20-15-26)39-29-17-12-25(13-18-29)7-3-2-4-22-36/h6,9,11,14-16,19-21,23,25,29,37-38H,2-5,7-8,10,12-13,17-18,22H2,1H3/t25-,29-. The number of rotatable bonds is 9. The van der Waals surface area contributed by atoms with Crippen molar-refractivity contribution in [3.63, 3.8) is 0 Å². The van der Waals surface area contributed by atoms with Crippen LogP contribution in [0.4, 0.5) is 4.39 Å². The zero-order valence-electron chi connectivity index (χ0n) is 23.1. The van der Waals surface area contributed by atoms with Crippen LogP contribution in [0.1, 0.15) is 92.0 Å². The Morgan fingerprint density at radius 3 is 2.41 bits per heavy atom. The molecule has 0 aliphatic heterocycles. The zero-order valence-corrected chi connectivity index (χ0v) is 23.1. The second-order valence-corrected chi connectivity index (χ2v) is 11.3. The van der Waals surface area contributed by atoms with Gasteiger partial charge < -0.3 is 14.9 Å². The Morgan fingerprint density at radius 2 is 1.64 bits per heavy atom. The van der Waals surface area contributed by atoms with Crippen molar-refractivity contribution < 1.29 is 19.3 Å². The maximum absolute atomic E-state index is 12.3. The number of fused-ring (bicyclic) bond motifs is 1. The first-order valence-corrected chi connectivity index (χ1v) is 14.7. The number of phenols is 2. The van der Waals surface area contributed by atoms with Gasteiger partial charge in [0.2, 0.25) is 0 Å². The lowest BCUT2D eigenvalue weighted by Gasteiger charge is -2.29. The third-order valence-corrected chi connectivity index (χ3v) is 8.65. The van der Waals surface area contributed by atoms with Gasteiger partial charge in [0.05, 0.1) is 12.8 Å². The van der Waals surface area contributed by atoms with Crippen molar-refractivity contribution in [2.75, 3.05) is 6.67 Å². The average Bonchev–Trinajstić information content (AvgIpc) is 3.13. The molecule has 0 radical (unpaired) electrons. The molecule has 0 aromatic heterocycles. The summed E-state index contributed by atoms with van der Waals surface area (Å²) in [6.07, 6.45) is 11.6. The third-order valence-electron chi connectivity index (χ3n) is 8.65. The Kier molecular flexibility index (Phi) is 8.91. The van der Waals surface area contributed by atoms with E-state index in [-0.39, 0.29) is 12.8 Å². The molecule has 1 fully saturated rings. The van der Waals surface area contributed by atoms with Crippen molar-refractivity contribution in [2.45, 2.75) is 83.7 Å². The highest BCUT2D eigenvalue weighted by Gasteiger charge is 2.24. The number of hydrogen-bond acceptors (Lipinski definition) is 3. The lowest BCUT2D eigenvalue weighted by Crippen LogP contribution is -2.24. The van der Waals surface area contributed by atoms with Gasteiger partial charge in [-0.05, 0) is 134 Å². The van der Waals surface area contributed by atoms with Crippen LogP contribution in [0.2, 0.25) is 0 Å². The maximum atomic E-state index is 12.3. The van der Waals surface area contributed by atoms with Gasteiger partial charge in [-0.2, -0.15) is 0 Å². The number of aryl methyl sites for hydroxylation is 1. The molecule has 0 saturated heterocycles. The van der Waals surface area contributed by atoms with E-state index in [0.717, 1.165) is 90.0 Å². The molecule has 0 atom stereocenters. The Labute approximate surface area is 232 Å². The smallest absolute Gasteiger partial charge is 0.119 e. The SMILES string of the molecule is Cc1c(O)cccc1C1=C(c2ccc(O[C@H]3CC[C@H](CCCCCF)CC3)cc2)c2ccc(O)cc2CCC1. The molecule has 3 aromatic carbocycles. The van der Waals surface area contributed by atoms with Crippen LogP contribution in [-0.2, 0) is 6.42 Å². The van der Waals surface area contributed by atoms with Gasteiger partial charge in [0.25, 0.3) is 0 Å². The average molecular weight is 529 g/mol. The molecule has 0 bridgehead atoms. The van der Waals surface area contributed by atoms with Crippen LogP contribution in [0.5, 0.6) is 17.2 Å². The van der Waals surface area contributed by atoms with Crippen molar-refractivity contribution in [1.29, 1.82) is 0 Å². The maximum Gasteiger partial charge on any atom is 0.119 e. The Bertz CT molecular complexity index is 1290. The van der Waals surface area contributed by atoms with E-state index in [0.29, 0.717) is 17.9 Å². The molecule has 2 N–H and O–H groups in total. The number of aromatic hydroxyl groups is 2. The number of unbranched alkanes of at least 4 members (excludes halogenated alkanes) is 2. The van der Waals surface area contributed by atoms with Gasteiger partial charge in [0.15, 0.2) is 0 Å². The van der Waals surface area contributed by atoms with Crippen LogP contribution < -0.4 is 4.74 Å². The molecule has 0 amide bonds. The molecule has 39 heavy (non-hydrogen) atoms. The van der Waals surface area contributed by atoms with E-state index in [2.05, 4.69) is 30.3 Å². The summed E-state index contributed by atoms with van der Waals surface area (Å²) in [5.41, 5.74) is 7.77. The Hall–Kier alpha value is -3.27. The first-order valence-electron chi connectivity index (χ1n) is 14.7. The monoisotopic (exact) mass is 528 g/mol. The minimum atomic E-state index is -0.191. The normalized spacial score (nSPS) is 19.4. The van der Waals surface area contributed by atoms with Crippen molar-refractivity contribution >= 4 is 11.1 Å². The fraction of sp³-hybridized carbons (Fsp3) is 0.429. The lowest BCUT2D eigenvalue weighted by atomic mass is 9.84. The van der Waals surface area contributed by atoms with Crippen LogP contribution in [0.3, 0.4) is 0 Å². The van der Waals surface area contributed by atoms with E-state index in [1.165, 1.54) is 24.8 Å². The molecule has 0 heterocycles. The van der Waals surface area contributed by atoms with Gasteiger partial charge in [-0.3, -0.25) is 4.39 Å². The van der Waals surface area contributed by atoms with E-state index in [1.807, 2.05) is 25.1 Å². The molecular formula is C35H41FO3. The van der Waals surface area contributed by atoms with Gasteiger partial charge >= 0.3 is 0 Å². The van der Waals surface area contributed by atoms with Crippen molar-refractivity contribution in [2.24, 2.45) is 5.92 Å². The number of hydrogen-bond donors (Lipinski definition) is 2. The molecule has 5 rings (SSSR count). The highest BCUT2D eigenvalue weighted by molar-refractivity contribution is 6.00. The summed E-state index contributed by atoms with van der Waals surface area (Å²) in [7, 11) is 0. The molecule has 1 saturated carbocycles. The Balaban J connectivity index is 1.37. The van der Waals surface area contributed by atoms with Crippen molar-refractivity contribution in [1.82, 2.24) is 0 Å². The molecule has 2 aliphatic rings. The van der Waals surface area contributed by atoms with Gasteiger partial charge in [-0.25, -0.2) is 0 Å². The van der Waals surface area contributed by atoms with Crippen LogP contribution in [0.25, 0.3) is 11.1 Å². The molecule has 3 aromatic rings. The van der Waals surface area contributed by atoms with E-state index in [4.69, 9.17) is 4.74 Å². The van der Waals surface area contributed by atoms with Crippen LogP contribution in [0.15, 0.2) is 60.7 Å². The predicted octanol–water partition coefficient (Wildman–Crippen LogP) is 9.17. The second kappa shape index (κ2) is 12.7. The van der Waals surface area contributed by atoms with E-state index < -0.39 is 0 Å². The topological polar surface area (TPSA) is 49.7 Å². The Morgan fingerprint density at radius 1 is 0.846 bits per heavy atom. The first-order chi connectivity index (χ1) is 19.0. The van der Waals surface area contributed by atoms with E-state index in [9.17, 15) is 14.6 Å². The van der Waals surface area contributed by atoms with Crippen LogP contribution in [0, 0.1) is 12.8 Å². The molecule has 0 unspecified atom stereocenters. The minimum Gasteiger partial charge on any atom is -0.508 e. The molecule has 3 nitrogen and oxygen atoms in total. The van der Waals surface area contributed by atoms with Crippen molar-refractivity contribution in [3.05, 3.63) is 88.5 Å². The predicted molar refractivity (Wildman–Crippen MR) is 157 cm³/mol. The third kappa shape index (κ3) is 6.49.